The number of halogens is 1. The Morgan fingerprint density at radius 2 is 1.84 bits per heavy atom. The van der Waals surface area contributed by atoms with Crippen molar-refractivity contribution in [3.8, 4) is 5.75 Å². The predicted molar refractivity (Wildman–Crippen MR) is 207 cm³/mol. The number of hydrogen-bond acceptors (Lipinski definition) is 9. The van der Waals surface area contributed by atoms with E-state index in [-0.39, 0.29) is 41.7 Å². The molecule has 6 atom stereocenters. The number of likely N-dealkylation sites (tertiary alicyclic amines) is 1. The van der Waals surface area contributed by atoms with Crippen LogP contribution in [-0.4, -0.2) is 82.3 Å². The van der Waals surface area contributed by atoms with Crippen molar-refractivity contribution < 1.29 is 37.4 Å². The van der Waals surface area contributed by atoms with Crippen LogP contribution in [0.5, 0.6) is 5.75 Å². The molecule has 7 rings (SSSR count). The minimum absolute atomic E-state index is 0.0295. The number of pyridine rings is 1. The van der Waals surface area contributed by atoms with E-state index in [2.05, 4.69) is 15.4 Å². The van der Waals surface area contributed by atoms with E-state index in [4.69, 9.17) is 9.26 Å². The quantitative estimate of drug-likeness (QED) is 0.111. The maximum absolute atomic E-state index is 16.4. The van der Waals surface area contributed by atoms with Crippen molar-refractivity contribution in [2.24, 2.45) is 0 Å². The standard InChI is InChI=1S/C40H45FN5O7PS/c1-3-19-52-40(50)25(2)44-54(51,53-31-11-5-4-6-12-31)36(41)26-14-17-34-28(20-26)21-35(55-34)37(47)43-32-13-7-10-30-15-16-33(46(30)38(32)48)39(49)45-23-29(24-45)27-9-8-18-42-22-27/h4-6,8-9,11-12,14,17-18,20-22,25,29-30,32-33,36H,3,7,10,13,15-16,19,23-24H2,1-2H3,(H,43,47)(H,44,51)/t25-,30-,32-,33-,36-,54+/m0/s1. The molecule has 15 heteroatoms. The molecular formula is C40H45FN5O7PS. The van der Waals surface area contributed by atoms with Gasteiger partial charge in [-0.3, -0.25) is 28.7 Å². The highest BCUT2D eigenvalue weighted by Gasteiger charge is 2.48. The number of carbonyl (C=O) groups excluding carboxylic acids is 4. The van der Waals surface area contributed by atoms with E-state index in [9.17, 15) is 23.7 Å². The first-order valence-corrected chi connectivity index (χ1v) is 21.3. The van der Waals surface area contributed by atoms with Gasteiger partial charge < -0.3 is 24.4 Å². The van der Waals surface area contributed by atoms with Crippen LogP contribution in [0.4, 0.5) is 4.39 Å². The number of fused-ring (bicyclic) bond motifs is 2. The van der Waals surface area contributed by atoms with Crippen LogP contribution in [0.2, 0.25) is 0 Å². The summed E-state index contributed by atoms with van der Waals surface area (Å²) in [5, 5.41) is 6.05. The molecule has 2 aromatic heterocycles. The van der Waals surface area contributed by atoms with Gasteiger partial charge in [-0.25, -0.2) is 9.48 Å². The van der Waals surface area contributed by atoms with Crippen LogP contribution in [-0.2, 0) is 23.7 Å². The zero-order chi connectivity index (χ0) is 38.7. The molecular weight excluding hydrogens is 745 g/mol. The van der Waals surface area contributed by atoms with Gasteiger partial charge >= 0.3 is 13.5 Å². The number of para-hydroxylation sites is 1. The Balaban J connectivity index is 1.04. The maximum Gasteiger partial charge on any atom is 0.355 e. The number of nitrogens with one attached hydrogen (secondary N) is 2. The molecule has 5 heterocycles. The van der Waals surface area contributed by atoms with Crippen molar-refractivity contribution in [1.29, 1.82) is 0 Å². The van der Waals surface area contributed by atoms with Gasteiger partial charge in [0, 0.05) is 42.1 Å². The third-order valence-electron chi connectivity index (χ3n) is 10.5. The van der Waals surface area contributed by atoms with Crippen LogP contribution in [0.25, 0.3) is 10.1 Å². The first-order chi connectivity index (χ1) is 26.5. The van der Waals surface area contributed by atoms with Crippen molar-refractivity contribution in [1.82, 2.24) is 25.2 Å². The van der Waals surface area contributed by atoms with Gasteiger partial charge in [-0.15, -0.1) is 11.3 Å². The van der Waals surface area contributed by atoms with Gasteiger partial charge in [0.2, 0.25) is 17.7 Å². The maximum atomic E-state index is 16.4. The van der Waals surface area contributed by atoms with Crippen LogP contribution in [0.3, 0.4) is 0 Å². The lowest BCUT2D eigenvalue weighted by Crippen LogP contribution is -2.58. The molecule has 4 aromatic rings. The fraction of sp³-hybridized carbons (Fsp3) is 0.425. The summed E-state index contributed by atoms with van der Waals surface area (Å²) < 4.78 is 42.3. The number of hydrogen-bond donors (Lipinski definition) is 2. The Morgan fingerprint density at radius 1 is 1.04 bits per heavy atom. The van der Waals surface area contributed by atoms with Crippen molar-refractivity contribution in [3.05, 3.63) is 95.1 Å². The van der Waals surface area contributed by atoms with E-state index in [1.807, 2.05) is 30.2 Å². The van der Waals surface area contributed by atoms with Crippen LogP contribution >= 0.6 is 18.9 Å². The van der Waals surface area contributed by atoms with Crippen molar-refractivity contribution in [2.45, 2.75) is 88.4 Å². The molecule has 3 aliphatic rings. The summed E-state index contributed by atoms with van der Waals surface area (Å²) >= 11 is 1.19. The Bertz CT molecular complexity index is 2080. The zero-order valence-corrected chi connectivity index (χ0v) is 32.5. The molecule has 2 N–H and O–H groups in total. The number of rotatable bonds is 13. The first-order valence-electron chi connectivity index (χ1n) is 18.8. The number of carbonyl (C=O) groups is 4. The number of amides is 3. The highest BCUT2D eigenvalue weighted by atomic mass is 32.1. The smallest absolute Gasteiger partial charge is 0.355 e. The summed E-state index contributed by atoms with van der Waals surface area (Å²) in [6, 6.07) is 15.8. The Labute approximate surface area is 323 Å². The van der Waals surface area contributed by atoms with Crippen LogP contribution in [0.15, 0.2) is 79.1 Å². The van der Waals surface area contributed by atoms with Crippen molar-refractivity contribution in [3.63, 3.8) is 0 Å². The van der Waals surface area contributed by atoms with Gasteiger partial charge in [0.15, 0.2) is 0 Å². The van der Waals surface area contributed by atoms with E-state index in [1.54, 1.807) is 53.6 Å². The average molecular weight is 790 g/mol. The average Bonchev–Trinajstić information content (AvgIpc) is 3.77. The third kappa shape index (κ3) is 8.32. The molecule has 290 valence electrons. The van der Waals surface area contributed by atoms with E-state index < -0.39 is 43.4 Å². The second-order valence-electron chi connectivity index (χ2n) is 14.4. The number of benzene rings is 2. The van der Waals surface area contributed by atoms with Crippen LogP contribution in [0, 0.1) is 0 Å². The van der Waals surface area contributed by atoms with Crippen molar-refractivity contribution in [2.75, 3.05) is 19.7 Å². The Kier molecular flexibility index (Phi) is 11.7. The normalized spacial score (nSPS) is 22.2. The fourth-order valence-electron chi connectivity index (χ4n) is 7.61. The van der Waals surface area contributed by atoms with Gasteiger partial charge in [-0.1, -0.05) is 37.3 Å². The summed E-state index contributed by atoms with van der Waals surface area (Å²) in [5.41, 5.74) is 1.12. The van der Waals surface area contributed by atoms with Gasteiger partial charge in [0.1, 0.15) is 23.9 Å². The minimum atomic E-state index is -4.43. The SMILES string of the molecule is CCCOC(=O)[C@H](C)N[P@](=O)(Oc1ccccc1)[C@H](F)c1ccc2sc(C(=O)N[C@H]3CCC[C@H]4CC[C@@H](C(=O)N5CC(c6cccnc6)C5)N4C3=O)cc2c1. The summed E-state index contributed by atoms with van der Waals surface area (Å²) in [6.45, 7) is 4.62. The molecule has 0 bridgehead atoms. The molecule has 55 heavy (non-hydrogen) atoms. The molecule has 0 spiro atoms. The highest BCUT2D eigenvalue weighted by Crippen LogP contribution is 2.58. The number of aromatic nitrogens is 1. The molecule has 3 aliphatic heterocycles. The van der Waals surface area contributed by atoms with Gasteiger partial charge in [-0.05, 0) is 98.4 Å². The summed E-state index contributed by atoms with van der Waals surface area (Å²) in [7, 11) is -4.43. The number of nitrogens with zero attached hydrogens (tertiary/aromatic N) is 3. The summed E-state index contributed by atoms with van der Waals surface area (Å²) in [5.74, 6) is -3.22. The lowest BCUT2D eigenvalue weighted by atomic mass is 9.92. The highest BCUT2D eigenvalue weighted by molar-refractivity contribution is 7.57. The predicted octanol–water partition coefficient (Wildman–Crippen LogP) is 6.74. The summed E-state index contributed by atoms with van der Waals surface area (Å²) in [4.78, 5) is 62.0. The lowest BCUT2D eigenvalue weighted by molar-refractivity contribution is -0.148. The van der Waals surface area contributed by atoms with Crippen molar-refractivity contribution >= 4 is 52.6 Å². The van der Waals surface area contributed by atoms with E-state index in [0.29, 0.717) is 47.3 Å². The van der Waals surface area contributed by atoms with E-state index in [1.165, 1.54) is 30.4 Å². The summed E-state index contributed by atoms with van der Waals surface area (Å²) in [6.07, 6.45) is 7.44. The van der Waals surface area contributed by atoms with Crippen LogP contribution in [0.1, 0.15) is 85.0 Å². The van der Waals surface area contributed by atoms with Gasteiger partial charge in [0.05, 0.1) is 11.5 Å². The fourth-order valence-corrected chi connectivity index (χ4v) is 10.5. The largest absolute Gasteiger partial charge is 0.465 e. The molecule has 2 aromatic carbocycles. The van der Waals surface area contributed by atoms with E-state index in [0.717, 1.165) is 24.8 Å². The molecule has 12 nitrogen and oxygen atoms in total. The molecule has 0 radical (unpaired) electrons. The lowest BCUT2D eigenvalue weighted by Gasteiger charge is -2.42. The van der Waals surface area contributed by atoms with Crippen LogP contribution < -0.4 is 14.9 Å². The second kappa shape index (κ2) is 16.6. The Hall–Kier alpha value is -4.65. The minimum Gasteiger partial charge on any atom is -0.465 e. The topological polar surface area (TPSA) is 147 Å². The van der Waals surface area contributed by atoms with Gasteiger partial charge in [-0.2, -0.15) is 0 Å². The first kappa shape index (κ1) is 38.6. The molecule has 3 amide bonds. The molecule has 0 aliphatic carbocycles. The third-order valence-corrected chi connectivity index (χ3v) is 13.8. The van der Waals surface area contributed by atoms with Gasteiger partial charge in [0.25, 0.3) is 5.91 Å². The molecule has 3 fully saturated rings. The zero-order valence-electron chi connectivity index (χ0n) is 30.8. The molecule has 3 saturated heterocycles. The second-order valence-corrected chi connectivity index (χ2v) is 17.6. The van der Waals surface area contributed by atoms with E-state index >= 15 is 4.39 Å². The number of alkyl halides is 1. The molecule has 0 unspecified atom stereocenters. The number of esters is 1. The monoisotopic (exact) mass is 789 g/mol. The number of ether oxygens (including phenoxy) is 1. The Morgan fingerprint density at radius 3 is 2.58 bits per heavy atom. The molecule has 0 saturated carbocycles. The number of thiophene rings is 1.